The van der Waals surface area contributed by atoms with E-state index in [1.165, 1.54) is 22.8 Å². The molecule has 1 heterocycles. The van der Waals surface area contributed by atoms with Crippen LogP contribution in [0.3, 0.4) is 0 Å². The molecule has 0 aromatic heterocycles. The van der Waals surface area contributed by atoms with Crippen molar-refractivity contribution in [1.82, 2.24) is 10.2 Å². The van der Waals surface area contributed by atoms with Crippen LogP contribution < -0.4 is 5.32 Å². The lowest BCUT2D eigenvalue weighted by molar-refractivity contribution is 0.522. The summed E-state index contributed by atoms with van der Waals surface area (Å²) >= 11 is 0. The molecule has 0 saturated heterocycles. The third kappa shape index (κ3) is 1.25. The van der Waals surface area contributed by atoms with Crippen LogP contribution in [0.2, 0.25) is 0 Å². The lowest BCUT2D eigenvalue weighted by Crippen LogP contribution is -2.17. The van der Waals surface area contributed by atoms with E-state index in [2.05, 4.69) is 45.0 Å². The summed E-state index contributed by atoms with van der Waals surface area (Å²) in [4.78, 5) is 2.19. The molecule has 62 valence electrons. The van der Waals surface area contributed by atoms with Crippen molar-refractivity contribution in [3.05, 3.63) is 22.8 Å². The topological polar surface area (TPSA) is 15.3 Å². The maximum Gasteiger partial charge on any atom is 0.108 e. The molecule has 0 aromatic carbocycles. The van der Waals surface area contributed by atoms with Gasteiger partial charge in [-0.25, -0.2) is 0 Å². The van der Waals surface area contributed by atoms with E-state index in [9.17, 15) is 0 Å². The zero-order chi connectivity index (χ0) is 8.59. The predicted octanol–water partition coefficient (Wildman–Crippen LogP) is 2.02. The predicted molar refractivity (Wildman–Crippen MR) is 47.6 cm³/mol. The van der Waals surface area contributed by atoms with Crippen molar-refractivity contribution in [2.45, 2.75) is 27.7 Å². The fraction of sp³-hybridized carbons (Fsp3) is 0.556. The molecule has 0 amide bonds. The molecule has 0 spiro atoms. The number of nitrogens with zero attached hydrogens (tertiary/aromatic N) is 1. The molecule has 1 aliphatic rings. The SMILES string of the molecule is CC(C)=C1NC(C)=C(C)N1C. The van der Waals surface area contributed by atoms with Crippen LogP contribution in [0.15, 0.2) is 22.8 Å². The molecule has 0 atom stereocenters. The molecule has 1 N–H and O–H groups in total. The Hall–Kier alpha value is -0.920. The summed E-state index contributed by atoms with van der Waals surface area (Å²) in [5.74, 6) is 1.22. The van der Waals surface area contributed by atoms with E-state index in [1.807, 2.05) is 0 Å². The van der Waals surface area contributed by atoms with Crippen LogP contribution in [0.1, 0.15) is 27.7 Å². The van der Waals surface area contributed by atoms with Crippen molar-refractivity contribution in [1.29, 1.82) is 0 Å². The van der Waals surface area contributed by atoms with E-state index < -0.39 is 0 Å². The van der Waals surface area contributed by atoms with E-state index in [1.54, 1.807) is 0 Å². The van der Waals surface area contributed by atoms with Gasteiger partial charge in [0.05, 0.1) is 0 Å². The first kappa shape index (κ1) is 8.18. The van der Waals surface area contributed by atoms with Gasteiger partial charge in [-0.05, 0) is 33.3 Å². The molecule has 0 unspecified atom stereocenters. The van der Waals surface area contributed by atoms with E-state index in [-0.39, 0.29) is 0 Å². The maximum absolute atomic E-state index is 3.34. The lowest BCUT2D eigenvalue weighted by Gasteiger charge is -2.15. The number of nitrogens with one attached hydrogen (secondary N) is 1. The minimum absolute atomic E-state index is 1.22. The summed E-state index contributed by atoms with van der Waals surface area (Å²) in [6, 6.07) is 0. The second-order valence-electron chi connectivity index (χ2n) is 3.24. The Morgan fingerprint density at radius 2 is 1.82 bits per heavy atom. The highest BCUT2D eigenvalue weighted by Gasteiger charge is 2.17. The first-order chi connectivity index (χ1) is 5.04. The third-order valence-electron chi connectivity index (χ3n) is 2.16. The molecule has 1 rings (SSSR count). The van der Waals surface area contributed by atoms with Gasteiger partial charge in [0.25, 0.3) is 0 Å². The van der Waals surface area contributed by atoms with Crippen LogP contribution in [-0.4, -0.2) is 11.9 Å². The Labute approximate surface area is 68.6 Å². The van der Waals surface area contributed by atoms with Crippen LogP contribution in [0, 0.1) is 0 Å². The van der Waals surface area contributed by atoms with Gasteiger partial charge >= 0.3 is 0 Å². The Morgan fingerprint density at radius 3 is 2.00 bits per heavy atom. The smallest absolute Gasteiger partial charge is 0.108 e. The van der Waals surface area contributed by atoms with Gasteiger partial charge in [-0.2, -0.15) is 0 Å². The largest absolute Gasteiger partial charge is 0.344 e. The minimum atomic E-state index is 1.22. The number of allylic oxidation sites excluding steroid dienone is 3. The summed E-state index contributed by atoms with van der Waals surface area (Å²) in [5.41, 5.74) is 3.88. The molecule has 0 fully saturated rings. The quantitative estimate of drug-likeness (QED) is 0.571. The standard InChI is InChI=1S/C9H16N2/c1-6(2)9-10-7(3)8(4)11(9)5/h10H,1-5H3. The fourth-order valence-electron chi connectivity index (χ4n) is 1.23. The molecule has 2 heteroatoms. The van der Waals surface area contributed by atoms with E-state index >= 15 is 0 Å². The highest BCUT2D eigenvalue weighted by molar-refractivity contribution is 5.27. The van der Waals surface area contributed by atoms with Crippen molar-refractivity contribution in [2.24, 2.45) is 0 Å². The summed E-state index contributed by atoms with van der Waals surface area (Å²) in [5, 5.41) is 3.34. The van der Waals surface area contributed by atoms with Crippen molar-refractivity contribution in [3.8, 4) is 0 Å². The minimum Gasteiger partial charge on any atom is -0.344 e. The summed E-state index contributed by atoms with van der Waals surface area (Å²) in [6.07, 6.45) is 0. The zero-order valence-corrected chi connectivity index (χ0v) is 7.95. The Bertz CT molecular complexity index is 232. The van der Waals surface area contributed by atoms with Gasteiger partial charge < -0.3 is 10.2 Å². The van der Waals surface area contributed by atoms with Crippen molar-refractivity contribution in [3.63, 3.8) is 0 Å². The highest BCUT2D eigenvalue weighted by Crippen LogP contribution is 2.21. The fourth-order valence-corrected chi connectivity index (χ4v) is 1.23. The third-order valence-corrected chi connectivity index (χ3v) is 2.16. The second kappa shape index (κ2) is 2.61. The Balaban J connectivity index is 2.96. The van der Waals surface area contributed by atoms with Gasteiger partial charge in [0.15, 0.2) is 0 Å². The van der Waals surface area contributed by atoms with Gasteiger partial charge in [-0.15, -0.1) is 0 Å². The van der Waals surface area contributed by atoms with Gasteiger partial charge in [-0.1, -0.05) is 0 Å². The first-order valence-corrected chi connectivity index (χ1v) is 3.89. The number of hydrogen-bond acceptors (Lipinski definition) is 2. The molecule has 0 aliphatic carbocycles. The molecule has 11 heavy (non-hydrogen) atoms. The lowest BCUT2D eigenvalue weighted by atomic mass is 10.3. The Kier molecular flexibility index (Phi) is 1.94. The van der Waals surface area contributed by atoms with Gasteiger partial charge in [0, 0.05) is 18.4 Å². The molecule has 0 radical (unpaired) electrons. The van der Waals surface area contributed by atoms with E-state index in [0.29, 0.717) is 0 Å². The molecule has 1 aliphatic heterocycles. The summed E-state index contributed by atoms with van der Waals surface area (Å²) < 4.78 is 0. The maximum atomic E-state index is 3.34. The van der Waals surface area contributed by atoms with Crippen molar-refractivity contribution < 1.29 is 0 Å². The van der Waals surface area contributed by atoms with Crippen LogP contribution in [0.5, 0.6) is 0 Å². The number of rotatable bonds is 0. The first-order valence-electron chi connectivity index (χ1n) is 3.89. The van der Waals surface area contributed by atoms with Crippen LogP contribution >= 0.6 is 0 Å². The van der Waals surface area contributed by atoms with Gasteiger partial charge in [0.2, 0.25) is 0 Å². The molecular weight excluding hydrogens is 136 g/mol. The second-order valence-corrected chi connectivity index (χ2v) is 3.24. The Morgan fingerprint density at radius 1 is 1.27 bits per heavy atom. The number of hydrogen-bond donors (Lipinski definition) is 1. The van der Waals surface area contributed by atoms with Gasteiger partial charge in [-0.3, -0.25) is 0 Å². The average molecular weight is 152 g/mol. The van der Waals surface area contributed by atoms with Crippen LogP contribution in [-0.2, 0) is 0 Å². The molecule has 0 saturated carbocycles. The zero-order valence-electron chi connectivity index (χ0n) is 7.95. The van der Waals surface area contributed by atoms with Gasteiger partial charge in [0.1, 0.15) is 5.82 Å². The highest BCUT2D eigenvalue weighted by atomic mass is 15.3. The average Bonchev–Trinajstić information content (AvgIpc) is 2.17. The van der Waals surface area contributed by atoms with Crippen LogP contribution in [0.25, 0.3) is 0 Å². The molecule has 2 nitrogen and oxygen atoms in total. The summed E-state index contributed by atoms with van der Waals surface area (Å²) in [7, 11) is 2.08. The molecule has 0 bridgehead atoms. The molecular formula is C9H16N2. The van der Waals surface area contributed by atoms with E-state index in [4.69, 9.17) is 0 Å². The van der Waals surface area contributed by atoms with E-state index in [0.717, 1.165) is 0 Å². The van der Waals surface area contributed by atoms with Crippen molar-refractivity contribution in [2.75, 3.05) is 7.05 Å². The molecule has 0 aromatic rings. The van der Waals surface area contributed by atoms with Crippen LogP contribution in [0.4, 0.5) is 0 Å². The van der Waals surface area contributed by atoms with Crippen molar-refractivity contribution >= 4 is 0 Å². The normalized spacial score (nSPS) is 17.5. The summed E-state index contributed by atoms with van der Waals surface area (Å²) in [6.45, 7) is 8.45. The monoisotopic (exact) mass is 152 g/mol.